The van der Waals surface area contributed by atoms with Crippen LogP contribution in [0, 0.1) is 0 Å². The van der Waals surface area contributed by atoms with Crippen LogP contribution in [0.2, 0.25) is 0 Å². The van der Waals surface area contributed by atoms with Crippen molar-refractivity contribution in [3.8, 4) is 0 Å². The standard InChI is InChI=1S/C19H18N2O3S/c1-3-21(15-7-5-4-6-8-15)18(22)13(2)24-19(23)14-9-10-16-17(11-14)25-12-20-16/h4-13H,3H2,1-2H3/t13-/m1/s1. The topological polar surface area (TPSA) is 59.5 Å². The second-order valence-electron chi connectivity index (χ2n) is 5.50. The molecule has 1 atom stereocenters. The summed E-state index contributed by atoms with van der Waals surface area (Å²) in [6.45, 7) is 3.98. The van der Waals surface area contributed by atoms with Crippen molar-refractivity contribution in [2.45, 2.75) is 20.0 Å². The van der Waals surface area contributed by atoms with E-state index in [1.165, 1.54) is 11.3 Å². The number of amides is 1. The number of esters is 1. The van der Waals surface area contributed by atoms with Crippen LogP contribution in [0.15, 0.2) is 54.0 Å². The zero-order valence-corrected chi connectivity index (χ0v) is 14.8. The number of thiazole rings is 1. The second kappa shape index (κ2) is 7.44. The molecule has 1 heterocycles. The van der Waals surface area contributed by atoms with Crippen molar-refractivity contribution in [3.63, 3.8) is 0 Å². The predicted molar refractivity (Wildman–Crippen MR) is 99.0 cm³/mol. The quantitative estimate of drug-likeness (QED) is 0.652. The average Bonchev–Trinajstić information content (AvgIpc) is 3.10. The molecule has 6 heteroatoms. The summed E-state index contributed by atoms with van der Waals surface area (Å²) in [5, 5.41) is 0. The van der Waals surface area contributed by atoms with Crippen LogP contribution >= 0.6 is 11.3 Å². The molecule has 0 spiro atoms. The van der Waals surface area contributed by atoms with Crippen molar-refractivity contribution in [1.29, 1.82) is 0 Å². The number of nitrogens with zero attached hydrogens (tertiary/aromatic N) is 2. The van der Waals surface area contributed by atoms with E-state index < -0.39 is 12.1 Å². The molecule has 0 unspecified atom stereocenters. The van der Waals surface area contributed by atoms with Gasteiger partial charge in [-0.2, -0.15) is 0 Å². The number of rotatable bonds is 5. The van der Waals surface area contributed by atoms with Crippen LogP contribution in [-0.4, -0.2) is 29.5 Å². The van der Waals surface area contributed by atoms with Crippen molar-refractivity contribution < 1.29 is 14.3 Å². The number of likely N-dealkylation sites (N-methyl/N-ethyl adjacent to an activating group) is 1. The van der Waals surface area contributed by atoms with E-state index in [1.807, 2.05) is 37.3 Å². The van der Waals surface area contributed by atoms with Crippen molar-refractivity contribution in [2.75, 3.05) is 11.4 Å². The highest BCUT2D eigenvalue weighted by atomic mass is 32.1. The molecule has 0 aliphatic carbocycles. The monoisotopic (exact) mass is 354 g/mol. The third-order valence-corrected chi connectivity index (χ3v) is 4.64. The van der Waals surface area contributed by atoms with Gasteiger partial charge in [0.15, 0.2) is 6.10 Å². The van der Waals surface area contributed by atoms with E-state index >= 15 is 0 Å². The number of ether oxygens (including phenoxy) is 1. The highest BCUT2D eigenvalue weighted by molar-refractivity contribution is 7.16. The van der Waals surface area contributed by atoms with Crippen LogP contribution in [0.3, 0.4) is 0 Å². The van der Waals surface area contributed by atoms with Gasteiger partial charge in [-0.1, -0.05) is 18.2 Å². The summed E-state index contributed by atoms with van der Waals surface area (Å²) in [6.07, 6.45) is -0.871. The molecular formula is C19H18N2O3S. The Morgan fingerprint density at radius 3 is 2.68 bits per heavy atom. The number of para-hydroxylation sites is 1. The number of benzene rings is 2. The molecule has 0 saturated carbocycles. The molecule has 1 amide bonds. The van der Waals surface area contributed by atoms with E-state index in [0.717, 1.165) is 15.9 Å². The first-order valence-electron chi connectivity index (χ1n) is 8.00. The summed E-state index contributed by atoms with van der Waals surface area (Å²) in [6, 6.07) is 14.5. The van der Waals surface area contributed by atoms with Gasteiger partial charge in [0.25, 0.3) is 5.91 Å². The zero-order chi connectivity index (χ0) is 17.8. The van der Waals surface area contributed by atoms with E-state index in [9.17, 15) is 9.59 Å². The number of fused-ring (bicyclic) bond motifs is 1. The molecule has 0 fully saturated rings. The minimum atomic E-state index is -0.871. The maximum absolute atomic E-state index is 12.7. The first-order chi connectivity index (χ1) is 12.1. The maximum atomic E-state index is 12.7. The van der Waals surface area contributed by atoms with Gasteiger partial charge in [0.05, 0.1) is 21.3 Å². The highest BCUT2D eigenvalue weighted by Crippen LogP contribution is 2.20. The van der Waals surface area contributed by atoms with Gasteiger partial charge < -0.3 is 9.64 Å². The van der Waals surface area contributed by atoms with Gasteiger partial charge in [0.1, 0.15) is 0 Å². The molecule has 0 aliphatic heterocycles. The smallest absolute Gasteiger partial charge is 0.338 e. The number of aromatic nitrogens is 1. The normalized spacial score (nSPS) is 11.9. The third-order valence-electron chi connectivity index (χ3n) is 3.85. The molecule has 25 heavy (non-hydrogen) atoms. The molecule has 0 aliphatic rings. The predicted octanol–water partition coefficient (Wildman–Crippen LogP) is 3.89. The number of hydrogen-bond donors (Lipinski definition) is 0. The Morgan fingerprint density at radius 2 is 1.96 bits per heavy atom. The van der Waals surface area contributed by atoms with Crippen LogP contribution in [0.25, 0.3) is 10.2 Å². The first-order valence-corrected chi connectivity index (χ1v) is 8.88. The van der Waals surface area contributed by atoms with Gasteiger partial charge in [0, 0.05) is 12.2 Å². The van der Waals surface area contributed by atoms with E-state index in [4.69, 9.17) is 4.74 Å². The number of hydrogen-bond acceptors (Lipinski definition) is 5. The lowest BCUT2D eigenvalue weighted by molar-refractivity contribution is -0.126. The van der Waals surface area contributed by atoms with E-state index in [1.54, 1.807) is 35.5 Å². The summed E-state index contributed by atoms with van der Waals surface area (Å²) >= 11 is 1.46. The summed E-state index contributed by atoms with van der Waals surface area (Å²) in [5.74, 6) is -0.763. The molecule has 5 nitrogen and oxygen atoms in total. The van der Waals surface area contributed by atoms with Gasteiger partial charge in [-0.3, -0.25) is 4.79 Å². The highest BCUT2D eigenvalue weighted by Gasteiger charge is 2.24. The Hall–Kier alpha value is -2.73. The largest absolute Gasteiger partial charge is 0.449 e. The van der Waals surface area contributed by atoms with Gasteiger partial charge in [-0.25, -0.2) is 9.78 Å². The number of carbonyl (C=O) groups excluding carboxylic acids is 2. The Balaban J connectivity index is 1.72. The number of anilines is 1. The van der Waals surface area contributed by atoms with Crippen LogP contribution < -0.4 is 4.90 Å². The van der Waals surface area contributed by atoms with Crippen LogP contribution in [0.5, 0.6) is 0 Å². The van der Waals surface area contributed by atoms with Crippen molar-refractivity contribution in [1.82, 2.24) is 4.98 Å². The summed E-state index contributed by atoms with van der Waals surface area (Å²) in [7, 11) is 0. The Labute approximate surface area is 149 Å². The second-order valence-corrected chi connectivity index (χ2v) is 6.39. The SMILES string of the molecule is CCN(C(=O)[C@@H](C)OC(=O)c1ccc2ncsc2c1)c1ccccc1. The number of carbonyl (C=O) groups is 2. The van der Waals surface area contributed by atoms with Crippen LogP contribution in [-0.2, 0) is 9.53 Å². The Morgan fingerprint density at radius 1 is 1.20 bits per heavy atom. The van der Waals surface area contributed by atoms with Gasteiger partial charge in [0.2, 0.25) is 0 Å². The fourth-order valence-electron chi connectivity index (χ4n) is 2.55. The van der Waals surface area contributed by atoms with Crippen molar-refractivity contribution >= 4 is 39.1 Å². The van der Waals surface area contributed by atoms with E-state index in [-0.39, 0.29) is 5.91 Å². The van der Waals surface area contributed by atoms with E-state index in [2.05, 4.69) is 4.98 Å². The van der Waals surface area contributed by atoms with Gasteiger partial charge in [-0.05, 0) is 44.2 Å². The third kappa shape index (κ3) is 3.69. The molecule has 0 saturated heterocycles. The molecule has 128 valence electrons. The first kappa shape index (κ1) is 17.1. The van der Waals surface area contributed by atoms with Gasteiger partial charge in [-0.15, -0.1) is 11.3 Å². The average molecular weight is 354 g/mol. The molecular weight excluding hydrogens is 336 g/mol. The molecule has 3 aromatic rings. The molecule has 2 aromatic carbocycles. The van der Waals surface area contributed by atoms with Crippen molar-refractivity contribution in [2.24, 2.45) is 0 Å². The van der Waals surface area contributed by atoms with Crippen LogP contribution in [0.4, 0.5) is 5.69 Å². The fraction of sp³-hybridized carbons (Fsp3) is 0.211. The Kier molecular flexibility index (Phi) is 5.09. The fourth-order valence-corrected chi connectivity index (χ4v) is 3.27. The molecule has 0 radical (unpaired) electrons. The summed E-state index contributed by atoms with van der Waals surface area (Å²) in [5.41, 5.74) is 3.76. The Bertz CT molecular complexity index is 892. The minimum Gasteiger partial charge on any atom is -0.449 e. The molecule has 0 bridgehead atoms. The van der Waals surface area contributed by atoms with Gasteiger partial charge >= 0.3 is 5.97 Å². The van der Waals surface area contributed by atoms with E-state index in [0.29, 0.717) is 12.1 Å². The lowest BCUT2D eigenvalue weighted by atomic mass is 10.2. The summed E-state index contributed by atoms with van der Waals surface area (Å²) < 4.78 is 6.29. The summed E-state index contributed by atoms with van der Waals surface area (Å²) in [4.78, 5) is 30.8. The molecule has 3 rings (SSSR count). The minimum absolute atomic E-state index is 0.249. The maximum Gasteiger partial charge on any atom is 0.338 e. The lowest BCUT2D eigenvalue weighted by Gasteiger charge is -2.24. The van der Waals surface area contributed by atoms with Crippen LogP contribution in [0.1, 0.15) is 24.2 Å². The zero-order valence-electron chi connectivity index (χ0n) is 14.0. The molecule has 0 N–H and O–H groups in total. The molecule has 1 aromatic heterocycles. The van der Waals surface area contributed by atoms with Crippen molar-refractivity contribution in [3.05, 3.63) is 59.6 Å². The lowest BCUT2D eigenvalue weighted by Crippen LogP contribution is -2.40.